The fourth-order valence-corrected chi connectivity index (χ4v) is 8.70. The third kappa shape index (κ3) is 7.08. The molecule has 4 amide bonds. The Morgan fingerprint density at radius 1 is 0.741 bits per heavy atom. The quantitative estimate of drug-likeness (QED) is 0.144. The number of amides is 4. The first kappa shape index (κ1) is 38.8. The Labute approximate surface area is 336 Å². The van der Waals surface area contributed by atoms with Gasteiger partial charge in [0.25, 0.3) is 0 Å². The summed E-state index contributed by atoms with van der Waals surface area (Å²) >= 11 is 0. The predicted molar refractivity (Wildman–Crippen MR) is 211 cm³/mol. The zero-order chi connectivity index (χ0) is 40.8. The summed E-state index contributed by atoms with van der Waals surface area (Å²) < 4.78 is 22.4. The lowest BCUT2D eigenvalue weighted by Crippen LogP contribution is -2.51. The number of aromatic amines is 2. The van der Waals surface area contributed by atoms with Crippen molar-refractivity contribution in [2.45, 2.75) is 83.5 Å². The molecule has 4 aliphatic rings. The average Bonchev–Trinajstić information content (AvgIpc) is 4.07. The van der Waals surface area contributed by atoms with Crippen LogP contribution in [0.1, 0.15) is 94.2 Å². The number of nitrogens with zero attached hydrogens (tertiary/aromatic N) is 4. The molecule has 5 unspecified atom stereocenters. The van der Waals surface area contributed by atoms with Gasteiger partial charge in [-0.3, -0.25) is 9.59 Å². The second-order valence-corrected chi connectivity index (χ2v) is 16.1. The van der Waals surface area contributed by atoms with Gasteiger partial charge in [-0.25, -0.2) is 19.6 Å². The van der Waals surface area contributed by atoms with Crippen LogP contribution in [0.4, 0.5) is 9.59 Å². The number of carbonyl (C=O) groups excluding carboxylic acids is 4. The Bertz CT molecular complexity index is 2230. The average molecular weight is 795 g/mol. The summed E-state index contributed by atoms with van der Waals surface area (Å²) in [5.74, 6) is 2.97. The number of hydrogen-bond acceptors (Lipinski definition) is 10. The summed E-state index contributed by atoms with van der Waals surface area (Å²) in [6.07, 6.45) is 5.45. The summed E-state index contributed by atoms with van der Waals surface area (Å²) in [6, 6.07) is 8.15. The number of aromatic nitrogens is 4. The Kier molecular flexibility index (Phi) is 10.5. The molecule has 5 atom stereocenters. The molecular formula is C42H50N8O8. The van der Waals surface area contributed by atoms with Crippen molar-refractivity contribution in [2.24, 2.45) is 11.8 Å². The van der Waals surface area contributed by atoms with Gasteiger partial charge in [0.1, 0.15) is 41.0 Å². The van der Waals surface area contributed by atoms with E-state index >= 15 is 0 Å². The van der Waals surface area contributed by atoms with Gasteiger partial charge in [0.2, 0.25) is 11.8 Å². The standard InChI is InChI=1S/C42H50N8O8/c1-21(2)35(47-41(53)55-5)39(51)49-13-7-9-29(49)37-43-18-27(45-37)23-11-12-31-25(15-23)26-20-57-32-16-24(17-33(58-31)34(26)32)28-19-44-38(46-28)30-10-8-14-50(30)40(52)36(22(3)4)48-42(54)56-6/h11-12,15-19,21-22,26,29-30,35-36H,7-10,13-14,20H2,1-6H3,(H,43,45)(H,44,46)(H,47,53)(H,48,54). The number of carbonyl (C=O) groups is 4. The van der Waals surface area contributed by atoms with Crippen LogP contribution in [0.3, 0.4) is 0 Å². The summed E-state index contributed by atoms with van der Waals surface area (Å²) in [5, 5.41) is 5.40. The molecule has 4 N–H and O–H groups in total. The van der Waals surface area contributed by atoms with Crippen molar-refractivity contribution < 1.29 is 38.1 Å². The summed E-state index contributed by atoms with van der Waals surface area (Å²) in [6.45, 7) is 9.18. The van der Waals surface area contributed by atoms with Gasteiger partial charge in [-0.15, -0.1) is 0 Å². The monoisotopic (exact) mass is 794 g/mol. The number of methoxy groups -OCH3 is 2. The fourth-order valence-electron chi connectivity index (χ4n) is 8.70. The molecule has 16 heteroatoms. The van der Waals surface area contributed by atoms with Crippen LogP contribution < -0.4 is 20.1 Å². The number of rotatable bonds is 10. The minimum absolute atomic E-state index is 0.0359. The lowest BCUT2D eigenvalue weighted by molar-refractivity contribution is -0.136. The van der Waals surface area contributed by atoms with Gasteiger partial charge in [0, 0.05) is 35.3 Å². The van der Waals surface area contributed by atoms with Gasteiger partial charge in [0.15, 0.2) is 0 Å². The van der Waals surface area contributed by atoms with Crippen molar-refractivity contribution in [3.05, 3.63) is 65.5 Å². The Morgan fingerprint density at radius 3 is 1.81 bits per heavy atom. The number of likely N-dealkylation sites (tertiary alicyclic amines) is 2. The lowest BCUT2D eigenvalue weighted by Gasteiger charge is -2.30. The number of fused-ring (bicyclic) bond motifs is 2. The summed E-state index contributed by atoms with van der Waals surface area (Å²) in [5.41, 5.74) is 5.38. The van der Waals surface area contributed by atoms with Crippen LogP contribution in [0.15, 0.2) is 42.7 Å². The van der Waals surface area contributed by atoms with Crippen molar-refractivity contribution in [2.75, 3.05) is 33.9 Å². The van der Waals surface area contributed by atoms with Gasteiger partial charge < -0.3 is 49.3 Å². The molecule has 0 radical (unpaired) electrons. The number of benzene rings is 2. The van der Waals surface area contributed by atoms with Gasteiger partial charge in [0.05, 0.1) is 62.6 Å². The van der Waals surface area contributed by atoms with E-state index in [1.165, 1.54) is 14.2 Å². The molecule has 0 bridgehead atoms. The van der Waals surface area contributed by atoms with E-state index in [0.29, 0.717) is 37.1 Å². The maximum Gasteiger partial charge on any atom is 0.407 e. The summed E-state index contributed by atoms with van der Waals surface area (Å²) in [7, 11) is 2.57. The third-order valence-corrected chi connectivity index (χ3v) is 11.8. The van der Waals surface area contributed by atoms with Gasteiger partial charge in [-0.2, -0.15) is 0 Å². The lowest BCUT2D eigenvalue weighted by atomic mass is 9.87. The van der Waals surface area contributed by atoms with Crippen molar-refractivity contribution >= 4 is 24.0 Å². The zero-order valence-electron chi connectivity index (χ0n) is 33.6. The van der Waals surface area contributed by atoms with Crippen molar-refractivity contribution in [3.63, 3.8) is 0 Å². The molecular weight excluding hydrogens is 745 g/mol. The van der Waals surface area contributed by atoms with E-state index in [1.807, 2.05) is 52.0 Å². The van der Waals surface area contributed by atoms with Crippen LogP contribution in [0.25, 0.3) is 22.5 Å². The van der Waals surface area contributed by atoms with Gasteiger partial charge in [-0.1, -0.05) is 27.7 Å². The van der Waals surface area contributed by atoms with Crippen molar-refractivity contribution in [1.82, 2.24) is 40.4 Å². The maximum absolute atomic E-state index is 13.7. The second-order valence-electron chi connectivity index (χ2n) is 16.1. The van der Waals surface area contributed by atoms with Crippen LogP contribution in [-0.2, 0) is 19.1 Å². The second kappa shape index (κ2) is 15.7. The normalized spacial score (nSPS) is 20.2. The van der Waals surface area contributed by atoms with E-state index in [-0.39, 0.29) is 41.7 Å². The number of H-pyrrole nitrogens is 2. The van der Waals surface area contributed by atoms with E-state index in [2.05, 4.69) is 26.7 Å². The molecule has 58 heavy (non-hydrogen) atoms. The first-order valence-electron chi connectivity index (χ1n) is 20.0. The van der Waals surface area contributed by atoms with Crippen LogP contribution >= 0.6 is 0 Å². The van der Waals surface area contributed by atoms with Crippen LogP contribution in [0.5, 0.6) is 17.2 Å². The highest BCUT2D eigenvalue weighted by atomic mass is 16.5. The number of alkyl carbamates (subject to hydrolysis) is 2. The molecule has 2 aromatic carbocycles. The molecule has 16 nitrogen and oxygen atoms in total. The number of nitrogens with one attached hydrogen (secondary N) is 4. The molecule has 4 aliphatic heterocycles. The highest BCUT2D eigenvalue weighted by Gasteiger charge is 2.40. The van der Waals surface area contributed by atoms with E-state index in [9.17, 15) is 19.2 Å². The van der Waals surface area contributed by atoms with E-state index in [1.54, 1.807) is 22.2 Å². The van der Waals surface area contributed by atoms with Crippen LogP contribution in [-0.4, -0.2) is 99.7 Å². The topological polar surface area (TPSA) is 193 Å². The highest BCUT2D eigenvalue weighted by Crippen LogP contribution is 2.53. The first-order chi connectivity index (χ1) is 27.9. The summed E-state index contributed by atoms with van der Waals surface area (Å²) in [4.78, 5) is 71.3. The van der Waals surface area contributed by atoms with Crippen molar-refractivity contribution in [3.8, 4) is 39.8 Å². The van der Waals surface area contributed by atoms with Crippen LogP contribution in [0, 0.1) is 11.8 Å². The molecule has 2 fully saturated rings. The minimum Gasteiger partial charge on any atom is -0.492 e. The van der Waals surface area contributed by atoms with Gasteiger partial charge in [-0.05, 0) is 67.9 Å². The molecule has 2 aromatic heterocycles. The number of imidazole rings is 2. The molecule has 4 aromatic rings. The van der Waals surface area contributed by atoms with Crippen molar-refractivity contribution in [1.29, 1.82) is 0 Å². The maximum atomic E-state index is 13.7. The molecule has 8 rings (SSSR count). The number of hydrogen-bond donors (Lipinski definition) is 4. The van der Waals surface area contributed by atoms with Gasteiger partial charge >= 0.3 is 12.2 Å². The molecule has 0 spiro atoms. The van der Waals surface area contributed by atoms with E-state index in [0.717, 1.165) is 70.8 Å². The smallest absolute Gasteiger partial charge is 0.407 e. The third-order valence-electron chi connectivity index (χ3n) is 11.8. The largest absolute Gasteiger partial charge is 0.492 e. The van der Waals surface area contributed by atoms with Crippen LogP contribution in [0.2, 0.25) is 0 Å². The Hall–Kier alpha value is -6.06. The molecule has 306 valence electrons. The molecule has 6 heterocycles. The molecule has 2 saturated heterocycles. The Balaban J connectivity index is 0.993. The molecule has 0 aliphatic carbocycles. The Morgan fingerprint density at radius 2 is 1.28 bits per heavy atom. The van der Waals surface area contributed by atoms with E-state index in [4.69, 9.17) is 28.9 Å². The van der Waals surface area contributed by atoms with E-state index < -0.39 is 24.3 Å². The minimum atomic E-state index is -0.715. The number of ether oxygens (including phenoxy) is 4. The zero-order valence-corrected chi connectivity index (χ0v) is 33.6. The predicted octanol–water partition coefficient (Wildman–Crippen LogP) is 6.19. The first-order valence-corrected chi connectivity index (χ1v) is 20.0. The highest BCUT2D eigenvalue weighted by molar-refractivity contribution is 5.87. The fraction of sp³-hybridized carbons (Fsp3) is 0.476. The SMILES string of the molecule is COC(=O)NC(C(=O)N1CCCC1c1ncc(-c2cc3c4c(c2)Oc2ccc(-c5cnc(C6CCCN6C(=O)C(NC(=O)OC)C(C)C)[nH]5)cc2C4CO3)[nH]1)C(C)C. The molecule has 0 saturated carbocycles.